The Balaban J connectivity index is 1.61. The second kappa shape index (κ2) is 6.88. The van der Waals surface area contributed by atoms with E-state index in [0.717, 1.165) is 23.5 Å². The molecule has 0 fully saturated rings. The largest absolute Gasteiger partial charge is 0.354 e. The van der Waals surface area contributed by atoms with E-state index in [1.54, 1.807) is 12.4 Å². The van der Waals surface area contributed by atoms with Crippen molar-refractivity contribution in [2.75, 3.05) is 16.8 Å². The Bertz CT molecular complexity index is 1000. The molecule has 4 heteroatoms. The van der Waals surface area contributed by atoms with Crippen LogP contribution in [0.3, 0.4) is 0 Å². The topological polar surface area (TPSA) is 45.2 Å². The molecule has 1 N–H and O–H groups in total. The summed E-state index contributed by atoms with van der Waals surface area (Å²) in [6, 6.07) is 14.3. The van der Waals surface area contributed by atoms with Crippen LogP contribution in [-0.2, 0) is 6.42 Å². The number of pyridine rings is 1. The molecule has 0 aliphatic carbocycles. The van der Waals surface area contributed by atoms with Gasteiger partial charge >= 0.3 is 0 Å². The molecule has 0 unspecified atom stereocenters. The molecule has 1 aliphatic heterocycles. The monoisotopic (exact) mass is 357 g/mol. The predicted octanol–water partition coefficient (Wildman–Crippen LogP) is 4.95. The van der Waals surface area contributed by atoms with Crippen LogP contribution in [0, 0.1) is 20.8 Å². The summed E-state index contributed by atoms with van der Waals surface area (Å²) in [7, 11) is 0. The third kappa shape index (κ3) is 3.31. The summed E-state index contributed by atoms with van der Waals surface area (Å²) in [6.07, 6.45) is 4.30. The molecule has 0 saturated heterocycles. The van der Waals surface area contributed by atoms with Crippen LogP contribution in [0.1, 0.15) is 32.6 Å². The highest BCUT2D eigenvalue weighted by molar-refractivity contribution is 6.07. The number of anilines is 3. The third-order valence-corrected chi connectivity index (χ3v) is 5.06. The zero-order chi connectivity index (χ0) is 19.0. The molecule has 0 radical (unpaired) electrons. The van der Waals surface area contributed by atoms with Gasteiger partial charge in [-0.05, 0) is 56.0 Å². The fourth-order valence-corrected chi connectivity index (χ4v) is 3.85. The Morgan fingerprint density at radius 3 is 2.56 bits per heavy atom. The number of aryl methyl sites for hydroxylation is 3. The molecule has 1 amide bonds. The first-order valence-electron chi connectivity index (χ1n) is 9.22. The lowest BCUT2D eigenvalue weighted by Crippen LogP contribution is -2.29. The molecule has 4 rings (SSSR count). The maximum absolute atomic E-state index is 13.1. The minimum Gasteiger partial charge on any atom is -0.354 e. The van der Waals surface area contributed by atoms with Gasteiger partial charge < -0.3 is 10.2 Å². The summed E-state index contributed by atoms with van der Waals surface area (Å²) >= 11 is 0. The van der Waals surface area contributed by atoms with Crippen LogP contribution in [0.2, 0.25) is 0 Å². The Morgan fingerprint density at radius 1 is 1.04 bits per heavy atom. The number of nitrogens with zero attached hydrogens (tertiary/aromatic N) is 2. The molecule has 1 aromatic heterocycles. The minimum atomic E-state index is -0.00606. The Morgan fingerprint density at radius 2 is 1.78 bits per heavy atom. The van der Waals surface area contributed by atoms with E-state index in [1.165, 1.54) is 22.3 Å². The van der Waals surface area contributed by atoms with E-state index in [1.807, 2.05) is 29.2 Å². The third-order valence-electron chi connectivity index (χ3n) is 5.06. The number of benzene rings is 2. The molecular weight excluding hydrogens is 334 g/mol. The quantitative estimate of drug-likeness (QED) is 0.721. The lowest BCUT2D eigenvalue weighted by Gasteiger charge is -2.18. The second-order valence-corrected chi connectivity index (χ2v) is 7.20. The highest BCUT2D eigenvalue weighted by Gasteiger charge is 2.25. The minimum absolute atomic E-state index is 0.00606. The number of fused-ring (bicyclic) bond motifs is 1. The number of rotatable bonds is 3. The molecule has 4 nitrogen and oxygen atoms in total. The van der Waals surface area contributed by atoms with Crippen molar-refractivity contribution in [1.29, 1.82) is 0 Å². The Labute approximate surface area is 159 Å². The standard InChI is InChI=1S/C23H23N3O/c1-15-10-16(2)22(17(3)11-15)25-20-12-19(13-24-14-20)23(27)26-9-8-18-6-4-5-7-21(18)26/h4-7,10-14,25H,8-9H2,1-3H3. The average Bonchev–Trinajstić information content (AvgIpc) is 3.08. The number of hydrogen-bond acceptors (Lipinski definition) is 3. The number of para-hydroxylation sites is 1. The van der Waals surface area contributed by atoms with Crippen LogP contribution in [0.4, 0.5) is 17.1 Å². The van der Waals surface area contributed by atoms with Crippen molar-refractivity contribution in [3.8, 4) is 0 Å². The van der Waals surface area contributed by atoms with Crippen LogP contribution in [0.15, 0.2) is 54.9 Å². The Kier molecular flexibility index (Phi) is 4.40. The zero-order valence-corrected chi connectivity index (χ0v) is 15.9. The number of carbonyl (C=O) groups excluding carboxylic acids is 1. The van der Waals surface area contributed by atoms with E-state index in [0.29, 0.717) is 12.1 Å². The molecule has 1 aliphatic rings. The van der Waals surface area contributed by atoms with Gasteiger partial charge in [0.1, 0.15) is 0 Å². The van der Waals surface area contributed by atoms with Crippen molar-refractivity contribution in [1.82, 2.24) is 4.98 Å². The van der Waals surface area contributed by atoms with Crippen molar-refractivity contribution in [2.45, 2.75) is 27.2 Å². The molecule has 0 bridgehead atoms. The highest BCUT2D eigenvalue weighted by atomic mass is 16.2. The molecule has 3 aromatic rings. The van der Waals surface area contributed by atoms with Crippen LogP contribution in [0.25, 0.3) is 0 Å². The average molecular weight is 357 g/mol. The number of amides is 1. The van der Waals surface area contributed by atoms with Crippen LogP contribution >= 0.6 is 0 Å². The van der Waals surface area contributed by atoms with E-state index in [9.17, 15) is 4.79 Å². The maximum Gasteiger partial charge on any atom is 0.259 e. The number of hydrogen-bond donors (Lipinski definition) is 1. The van der Waals surface area contributed by atoms with Crippen LogP contribution in [0.5, 0.6) is 0 Å². The molecule has 136 valence electrons. The van der Waals surface area contributed by atoms with Crippen molar-refractivity contribution >= 4 is 23.0 Å². The van der Waals surface area contributed by atoms with Crippen molar-refractivity contribution in [2.24, 2.45) is 0 Å². The molecule has 0 atom stereocenters. The molecule has 27 heavy (non-hydrogen) atoms. The fraction of sp³-hybridized carbons (Fsp3) is 0.217. The fourth-order valence-electron chi connectivity index (χ4n) is 3.85. The molecule has 2 heterocycles. The molecule has 0 saturated carbocycles. The van der Waals surface area contributed by atoms with Gasteiger partial charge in [-0.1, -0.05) is 35.9 Å². The summed E-state index contributed by atoms with van der Waals surface area (Å²) in [5.74, 6) is -0.00606. The van der Waals surface area contributed by atoms with Crippen LogP contribution in [-0.4, -0.2) is 17.4 Å². The number of carbonyl (C=O) groups is 1. The van der Waals surface area contributed by atoms with Gasteiger partial charge in [-0.2, -0.15) is 0 Å². The molecule has 2 aromatic carbocycles. The van der Waals surface area contributed by atoms with Gasteiger partial charge in [-0.15, -0.1) is 0 Å². The zero-order valence-electron chi connectivity index (χ0n) is 15.9. The normalized spacial score (nSPS) is 12.8. The summed E-state index contributed by atoms with van der Waals surface area (Å²) in [6.45, 7) is 6.99. The smallest absolute Gasteiger partial charge is 0.259 e. The van der Waals surface area contributed by atoms with Crippen molar-refractivity contribution in [3.63, 3.8) is 0 Å². The maximum atomic E-state index is 13.1. The Hall–Kier alpha value is -3.14. The number of nitrogens with one attached hydrogen (secondary N) is 1. The van der Waals surface area contributed by atoms with E-state index in [-0.39, 0.29) is 5.91 Å². The highest BCUT2D eigenvalue weighted by Crippen LogP contribution is 2.30. The molecule has 0 spiro atoms. The number of aromatic nitrogens is 1. The van der Waals surface area contributed by atoms with Gasteiger partial charge in [0, 0.05) is 24.1 Å². The van der Waals surface area contributed by atoms with Gasteiger partial charge in [0.25, 0.3) is 5.91 Å². The van der Waals surface area contributed by atoms with Gasteiger partial charge in [0.05, 0.1) is 17.4 Å². The van der Waals surface area contributed by atoms with Gasteiger partial charge in [0.2, 0.25) is 0 Å². The van der Waals surface area contributed by atoms with E-state index >= 15 is 0 Å². The summed E-state index contributed by atoms with van der Waals surface area (Å²) in [4.78, 5) is 19.2. The van der Waals surface area contributed by atoms with Crippen molar-refractivity contribution < 1.29 is 4.79 Å². The lowest BCUT2D eigenvalue weighted by molar-refractivity contribution is 0.0989. The first-order chi connectivity index (χ1) is 13.0. The van der Waals surface area contributed by atoms with E-state index in [4.69, 9.17) is 0 Å². The van der Waals surface area contributed by atoms with Gasteiger partial charge in [0.15, 0.2) is 0 Å². The SMILES string of the molecule is Cc1cc(C)c(Nc2cncc(C(=O)N3CCc4ccccc43)c2)c(C)c1. The van der Waals surface area contributed by atoms with Gasteiger partial charge in [-0.3, -0.25) is 9.78 Å². The van der Waals surface area contributed by atoms with E-state index < -0.39 is 0 Å². The lowest BCUT2D eigenvalue weighted by atomic mass is 10.0. The summed E-state index contributed by atoms with van der Waals surface area (Å²) < 4.78 is 0. The second-order valence-electron chi connectivity index (χ2n) is 7.20. The molecular formula is C23H23N3O. The van der Waals surface area contributed by atoms with E-state index in [2.05, 4.69) is 49.3 Å². The van der Waals surface area contributed by atoms with Crippen molar-refractivity contribution in [3.05, 3.63) is 82.7 Å². The summed E-state index contributed by atoms with van der Waals surface area (Å²) in [5, 5.41) is 3.44. The first kappa shape index (κ1) is 17.3. The van der Waals surface area contributed by atoms with Crippen LogP contribution < -0.4 is 10.2 Å². The first-order valence-corrected chi connectivity index (χ1v) is 9.22. The van der Waals surface area contributed by atoms with Gasteiger partial charge in [-0.25, -0.2) is 0 Å². The summed E-state index contributed by atoms with van der Waals surface area (Å²) in [5.41, 5.74) is 8.31. The predicted molar refractivity (Wildman–Crippen MR) is 110 cm³/mol.